The maximum atomic E-state index is 9.86. The molecule has 24 heavy (non-hydrogen) atoms. The van der Waals surface area contributed by atoms with E-state index >= 15 is 0 Å². The predicted octanol–water partition coefficient (Wildman–Crippen LogP) is 6.83. The summed E-state index contributed by atoms with van der Waals surface area (Å²) in [5.74, 6) is 0. The third-order valence-corrected chi connectivity index (χ3v) is 6.27. The lowest BCUT2D eigenvalue weighted by atomic mass is 9.72. The first-order valence-electron chi connectivity index (χ1n) is 8.83. The first kappa shape index (κ1) is 18.2. The summed E-state index contributed by atoms with van der Waals surface area (Å²) in [4.78, 5) is 0. The Kier molecular flexibility index (Phi) is 5.84. The molecule has 3 rings (SSSR count). The third-order valence-electron chi connectivity index (χ3n) is 5.28. The van der Waals surface area contributed by atoms with Crippen LogP contribution in [-0.4, -0.2) is 11.7 Å². The standard InChI is InChI=1S/C21H24Br2O/c1-2-3-4-5-10-21(11-12-24)19-13-15(22)6-8-17(19)18-9-7-16(23)14-20(18)21/h6-9,13-14,24H,2-5,10-12H2,1H3. The summed E-state index contributed by atoms with van der Waals surface area (Å²) in [6.45, 7) is 2.46. The molecule has 0 saturated carbocycles. The molecule has 0 atom stereocenters. The molecule has 0 saturated heterocycles. The van der Waals surface area contributed by atoms with Crippen molar-refractivity contribution in [2.45, 2.75) is 50.9 Å². The van der Waals surface area contributed by atoms with E-state index < -0.39 is 0 Å². The number of benzene rings is 2. The Morgan fingerprint density at radius 2 is 1.42 bits per heavy atom. The van der Waals surface area contributed by atoms with Gasteiger partial charge in [0.1, 0.15) is 0 Å². The van der Waals surface area contributed by atoms with Crippen LogP contribution in [0.4, 0.5) is 0 Å². The van der Waals surface area contributed by atoms with E-state index in [9.17, 15) is 5.11 Å². The van der Waals surface area contributed by atoms with Crippen LogP contribution in [0.3, 0.4) is 0 Å². The zero-order valence-corrected chi connectivity index (χ0v) is 17.3. The lowest BCUT2D eigenvalue weighted by Crippen LogP contribution is -2.27. The zero-order chi connectivity index (χ0) is 17.2. The van der Waals surface area contributed by atoms with E-state index in [0.29, 0.717) is 0 Å². The second kappa shape index (κ2) is 7.72. The molecule has 1 nitrogen and oxygen atoms in total. The fourth-order valence-electron chi connectivity index (χ4n) is 4.15. The van der Waals surface area contributed by atoms with E-state index in [1.54, 1.807) is 0 Å². The summed E-state index contributed by atoms with van der Waals surface area (Å²) in [6.07, 6.45) is 6.87. The van der Waals surface area contributed by atoms with E-state index in [2.05, 4.69) is 75.2 Å². The first-order valence-corrected chi connectivity index (χ1v) is 10.4. The van der Waals surface area contributed by atoms with Crippen LogP contribution in [0.1, 0.15) is 56.6 Å². The zero-order valence-electron chi connectivity index (χ0n) is 14.1. The number of fused-ring (bicyclic) bond motifs is 3. The monoisotopic (exact) mass is 450 g/mol. The average molecular weight is 452 g/mol. The molecule has 0 radical (unpaired) electrons. The van der Waals surface area contributed by atoms with Crippen LogP contribution in [0, 0.1) is 0 Å². The Morgan fingerprint density at radius 1 is 0.833 bits per heavy atom. The molecule has 0 spiro atoms. The number of hydrogen-bond donors (Lipinski definition) is 1. The number of aliphatic hydroxyl groups is 1. The van der Waals surface area contributed by atoms with Gasteiger partial charge >= 0.3 is 0 Å². The lowest BCUT2D eigenvalue weighted by molar-refractivity contribution is 0.247. The van der Waals surface area contributed by atoms with Gasteiger partial charge in [-0.3, -0.25) is 0 Å². The minimum atomic E-state index is -0.0687. The SMILES string of the molecule is CCCCCCC1(CCO)c2cc(Br)ccc2-c2ccc(Br)cc21. The van der Waals surface area contributed by atoms with Crippen molar-refractivity contribution < 1.29 is 5.11 Å². The molecule has 0 bridgehead atoms. The van der Waals surface area contributed by atoms with Gasteiger partial charge in [-0.25, -0.2) is 0 Å². The first-order chi connectivity index (χ1) is 11.6. The summed E-state index contributed by atoms with van der Waals surface area (Å²) < 4.78 is 2.23. The number of rotatable bonds is 7. The molecular weight excluding hydrogens is 428 g/mol. The fourth-order valence-corrected chi connectivity index (χ4v) is 4.87. The van der Waals surface area contributed by atoms with E-state index in [4.69, 9.17) is 0 Å². The van der Waals surface area contributed by atoms with E-state index in [0.717, 1.165) is 21.8 Å². The Bertz CT molecular complexity index is 672. The quantitative estimate of drug-likeness (QED) is 0.457. The van der Waals surface area contributed by atoms with Crippen molar-refractivity contribution in [2.75, 3.05) is 6.61 Å². The molecule has 0 heterocycles. The van der Waals surface area contributed by atoms with Crippen LogP contribution in [0.2, 0.25) is 0 Å². The van der Waals surface area contributed by atoms with Crippen molar-refractivity contribution in [3.8, 4) is 11.1 Å². The summed E-state index contributed by atoms with van der Waals surface area (Å²) in [6, 6.07) is 13.2. The second-order valence-corrected chi connectivity index (χ2v) is 8.58. The van der Waals surface area contributed by atoms with E-state index in [1.165, 1.54) is 47.9 Å². The Morgan fingerprint density at radius 3 is 1.92 bits per heavy atom. The third kappa shape index (κ3) is 3.23. The predicted molar refractivity (Wildman–Crippen MR) is 109 cm³/mol. The topological polar surface area (TPSA) is 20.2 Å². The van der Waals surface area contributed by atoms with Crippen LogP contribution >= 0.6 is 31.9 Å². The molecule has 0 fully saturated rings. The van der Waals surface area contributed by atoms with Gasteiger partial charge in [0.25, 0.3) is 0 Å². The normalized spacial score (nSPS) is 14.5. The van der Waals surface area contributed by atoms with Gasteiger partial charge in [-0.2, -0.15) is 0 Å². The van der Waals surface area contributed by atoms with E-state index in [-0.39, 0.29) is 12.0 Å². The summed E-state index contributed by atoms with van der Waals surface area (Å²) in [7, 11) is 0. The summed E-state index contributed by atoms with van der Waals surface area (Å²) >= 11 is 7.30. The molecule has 1 aliphatic carbocycles. The fraction of sp³-hybridized carbons (Fsp3) is 0.429. The summed E-state index contributed by atoms with van der Waals surface area (Å²) in [5.41, 5.74) is 5.32. The molecule has 1 aliphatic rings. The van der Waals surface area contributed by atoms with Crippen molar-refractivity contribution in [3.05, 3.63) is 56.5 Å². The highest BCUT2D eigenvalue weighted by atomic mass is 79.9. The van der Waals surface area contributed by atoms with Gasteiger partial charge in [0.2, 0.25) is 0 Å². The molecule has 1 N–H and O–H groups in total. The van der Waals surface area contributed by atoms with Crippen LogP contribution < -0.4 is 0 Å². The Labute approximate surface area is 161 Å². The van der Waals surface area contributed by atoms with Crippen LogP contribution in [-0.2, 0) is 5.41 Å². The number of aliphatic hydroxyl groups excluding tert-OH is 1. The van der Waals surface area contributed by atoms with Crippen LogP contribution in [0.5, 0.6) is 0 Å². The molecule has 3 heteroatoms. The van der Waals surface area contributed by atoms with Gasteiger partial charge in [0, 0.05) is 21.0 Å². The minimum Gasteiger partial charge on any atom is -0.396 e. The highest BCUT2D eigenvalue weighted by molar-refractivity contribution is 9.10. The maximum Gasteiger partial charge on any atom is 0.0442 e. The molecule has 0 amide bonds. The molecule has 128 valence electrons. The molecule has 2 aromatic carbocycles. The van der Waals surface area contributed by atoms with Crippen molar-refractivity contribution in [1.82, 2.24) is 0 Å². The van der Waals surface area contributed by atoms with Crippen molar-refractivity contribution >= 4 is 31.9 Å². The van der Waals surface area contributed by atoms with Gasteiger partial charge < -0.3 is 5.11 Å². The van der Waals surface area contributed by atoms with Gasteiger partial charge in [-0.1, -0.05) is 76.6 Å². The highest BCUT2D eigenvalue weighted by Gasteiger charge is 2.42. The number of unbranched alkanes of at least 4 members (excludes halogenated alkanes) is 3. The minimum absolute atomic E-state index is 0.0687. The van der Waals surface area contributed by atoms with Crippen molar-refractivity contribution in [3.63, 3.8) is 0 Å². The van der Waals surface area contributed by atoms with Crippen LogP contribution in [0.25, 0.3) is 11.1 Å². The second-order valence-electron chi connectivity index (χ2n) is 6.75. The molecule has 0 aliphatic heterocycles. The van der Waals surface area contributed by atoms with Crippen LogP contribution in [0.15, 0.2) is 45.3 Å². The van der Waals surface area contributed by atoms with Gasteiger partial charge in [0.15, 0.2) is 0 Å². The number of hydrogen-bond acceptors (Lipinski definition) is 1. The molecule has 2 aromatic rings. The average Bonchev–Trinajstić information content (AvgIpc) is 2.82. The molecular formula is C21H24Br2O. The largest absolute Gasteiger partial charge is 0.396 e. The Hall–Kier alpha value is -0.640. The van der Waals surface area contributed by atoms with Crippen molar-refractivity contribution in [1.29, 1.82) is 0 Å². The van der Waals surface area contributed by atoms with Gasteiger partial charge in [-0.15, -0.1) is 0 Å². The van der Waals surface area contributed by atoms with Crippen molar-refractivity contribution in [2.24, 2.45) is 0 Å². The highest BCUT2D eigenvalue weighted by Crippen LogP contribution is 2.54. The summed E-state index contributed by atoms with van der Waals surface area (Å²) in [5, 5.41) is 9.86. The van der Waals surface area contributed by atoms with E-state index in [1.807, 2.05) is 0 Å². The number of halogens is 2. The maximum absolute atomic E-state index is 9.86. The van der Waals surface area contributed by atoms with Gasteiger partial charge in [0.05, 0.1) is 0 Å². The molecule has 0 aromatic heterocycles. The lowest BCUT2D eigenvalue weighted by Gasteiger charge is -2.32. The molecule has 0 unspecified atom stereocenters. The smallest absolute Gasteiger partial charge is 0.0442 e. The Balaban J connectivity index is 2.11. The van der Waals surface area contributed by atoms with Gasteiger partial charge in [-0.05, 0) is 59.4 Å².